The number of primary amides is 1. The van der Waals surface area contributed by atoms with Crippen LogP contribution in [-0.4, -0.2) is 24.1 Å². The van der Waals surface area contributed by atoms with Crippen molar-refractivity contribution in [3.8, 4) is 5.75 Å². The van der Waals surface area contributed by atoms with Crippen LogP contribution in [0.1, 0.15) is 29.3 Å². The predicted octanol–water partition coefficient (Wildman–Crippen LogP) is 3.31. The van der Waals surface area contributed by atoms with Gasteiger partial charge in [-0.1, -0.05) is 25.1 Å². The Hall–Kier alpha value is -3.19. The summed E-state index contributed by atoms with van der Waals surface area (Å²) in [5, 5.41) is 7.05. The molecule has 0 bridgehead atoms. The number of hydrogen-bond acceptors (Lipinski definition) is 5. The normalized spacial score (nSPS) is 11.4. The van der Waals surface area contributed by atoms with E-state index in [1.807, 2.05) is 48.7 Å². The fourth-order valence-electron chi connectivity index (χ4n) is 2.58. The number of carbonyl (C=O) groups excluding carboxylic acids is 2. The minimum atomic E-state index is -0.529. The first-order chi connectivity index (χ1) is 13.1. The first-order valence-electron chi connectivity index (χ1n) is 8.43. The highest BCUT2D eigenvalue weighted by atomic mass is 32.1. The number of fused-ring (bicyclic) bond motifs is 1. The number of hydrogen-bond donors (Lipinski definition) is 2. The molecule has 0 saturated heterocycles. The number of hydrazone groups is 1. The second-order valence-corrected chi connectivity index (χ2v) is 6.69. The lowest BCUT2D eigenvalue weighted by Crippen LogP contribution is -2.20. The SMILES string of the molecule is CCC(=NNC(=O)c1csc2ccccc12)c1ccc(OCC(N)=O)cc1. The third-order valence-electron chi connectivity index (χ3n) is 3.92. The van der Waals surface area contributed by atoms with Gasteiger partial charge in [0, 0.05) is 15.5 Å². The van der Waals surface area contributed by atoms with E-state index in [4.69, 9.17) is 10.5 Å². The van der Waals surface area contributed by atoms with Gasteiger partial charge in [0.25, 0.3) is 11.8 Å². The average Bonchev–Trinajstić information content (AvgIpc) is 3.12. The molecule has 3 rings (SSSR count). The van der Waals surface area contributed by atoms with Gasteiger partial charge < -0.3 is 10.5 Å². The third kappa shape index (κ3) is 4.51. The van der Waals surface area contributed by atoms with Crippen molar-refractivity contribution < 1.29 is 14.3 Å². The molecule has 2 aromatic carbocycles. The van der Waals surface area contributed by atoms with Crippen molar-refractivity contribution in [3.63, 3.8) is 0 Å². The highest BCUT2D eigenvalue weighted by Gasteiger charge is 2.12. The molecule has 3 aromatic rings. The van der Waals surface area contributed by atoms with Gasteiger partial charge in [-0.3, -0.25) is 9.59 Å². The van der Waals surface area contributed by atoms with Gasteiger partial charge in [-0.2, -0.15) is 5.10 Å². The van der Waals surface area contributed by atoms with E-state index >= 15 is 0 Å². The molecule has 0 aliphatic heterocycles. The zero-order valence-electron chi connectivity index (χ0n) is 14.8. The smallest absolute Gasteiger partial charge is 0.272 e. The van der Waals surface area contributed by atoms with Crippen molar-refractivity contribution >= 4 is 38.9 Å². The predicted molar refractivity (Wildman–Crippen MR) is 107 cm³/mol. The fraction of sp³-hybridized carbons (Fsp3) is 0.150. The molecule has 0 radical (unpaired) electrons. The number of ether oxygens (including phenoxy) is 1. The molecule has 0 saturated carbocycles. The molecule has 138 valence electrons. The Bertz CT molecular complexity index is 993. The molecule has 7 heteroatoms. The summed E-state index contributed by atoms with van der Waals surface area (Å²) in [6.45, 7) is 1.79. The molecule has 0 fully saturated rings. The number of nitrogens with two attached hydrogens (primary N) is 1. The van der Waals surface area contributed by atoms with Crippen molar-refractivity contribution in [1.82, 2.24) is 5.43 Å². The number of amides is 2. The van der Waals surface area contributed by atoms with Gasteiger partial charge in [-0.15, -0.1) is 11.3 Å². The van der Waals surface area contributed by atoms with Gasteiger partial charge in [-0.25, -0.2) is 5.43 Å². The van der Waals surface area contributed by atoms with Crippen molar-refractivity contribution in [2.45, 2.75) is 13.3 Å². The Morgan fingerprint density at radius 3 is 2.59 bits per heavy atom. The van der Waals surface area contributed by atoms with E-state index in [-0.39, 0.29) is 12.5 Å². The van der Waals surface area contributed by atoms with Crippen molar-refractivity contribution in [2.75, 3.05) is 6.61 Å². The Morgan fingerprint density at radius 1 is 1.15 bits per heavy atom. The minimum Gasteiger partial charge on any atom is -0.484 e. The first kappa shape index (κ1) is 18.6. The van der Waals surface area contributed by atoms with Crippen LogP contribution >= 0.6 is 11.3 Å². The summed E-state index contributed by atoms with van der Waals surface area (Å²) in [7, 11) is 0. The van der Waals surface area contributed by atoms with Gasteiger partial charge in [0.05, 0.1) is 11.3 Å². The van der Waals surface area contributed by atoms with E-state index in [1.54, 1.807) is 12.1 Å². The van der Waals surface area contributed by atoms with Gasteiger partial charge >= 0.3 is 0 Å². The molecule has 1 heterocycles. The summed E-state index contributed by atoms with van der Waals surface area (Å²) in [5.41, 5.74) is 9.92. The number of nitrogens with one attached hydrogen (secondary N) is 1. The van der Waals surface area contributed by atoms with Gasteiger partial charge in [0.2, 0.25) is 0 Å². The molecule has 1 aromatic heterocycles. The average molecular weight is 381 g/mol. The van der Waals surface area contributed by atoms with Crippen LogP contribution in [0.2, 0.25) is 0 Å². The molecule has 3 N–H and O–H groups in total. The second kappa shape index (κ2) is 8.46. The highest BCUT2D eigenvalue weighted by molar-refractivity contribution is 7.17. The molecular weight excluding hydrogens is 362 g/mol. The first-order valence-corrected chi connectivity index (χ1v) is 9.31. The van der Waals surface area contributed by atoms with E-state index in [0.717, 1.165) is 21.4 Å². The van der Waals surface area contributed by atoms with E-state index in [0.29, 0.717) is 17.7 Å². The lowest BCUT2D eigenvalue weighted by atomic mass is 10.1. The quantitative estimate of drug-likeness (QED) is 0.486. The molecule has 27 heavy (non-hydrogen) atoms. The van der Waals surface area contributed by atoms with Crippen LogP contribution in [0, 0.1) is 0 Å². The maximum absolute atomic E-state index is 12.5. The largest absolute Gasteiger partial charge is 0.484 e. The van der Waals surface area contributed by atoms with Crippen LogP contribution < -0.4 is 15.9 Å². The fourth-order valence-corrected chi connectivity index (χ4v) is 3.52. The van der Waals surface area contributed by atoms with E-state index < -0.39 is 5.91 Å². The molecule has 0 aliphatic rings. The van der Waals surface area contributed by atoms with Crippen LogP contribution in [-0.2, 0) is 4.79 Å². The number of thiophene rings is 1. The Labute approximate surface area is 160 Å². The standard InChI is InChI=1S/C20H19N3O3S/c1-2-17(13-7-9-14(10-8-13)26-11-19(21)24)22-23-20(25)16-12-27-18-6-4-3-5-15(16)18/h3-10,12H,2,11H2,1H3,(H2,21,24)(H,23,25). The number of benzene rings is 2. The maximum Gasteiger partial charge on any atom is 0.272 e. The molecule has 0 aliphatic carbocycles. The number of nitrogens with zero attached hydrogens (tertiary/aromatic N) is 1. The molecule has 6 nitrogen and oxygen atoms in total. The minimum absolute atomic E-state index is 0.168. The summed E-state index contributed by atoms with van der Waals surface area (Å²) < 4.78 is 6.30. The molecule has 0 unspecified atom stereocenters. The van der Waals surface area contributed by atoms with Crippen molar-refractivity contribution in [3.05, 3.63) is 65.0 Å². The number of carbonyl (C=O) groups is 2. The lowest BCUT2D eigenvalue weighted by Gasteiger charge is -2.07. The monoisotopic (exact) mass is 381 g/mol. The molecule has 0 atom stereocenters. The van der Waals surface area contributed by atoms with Crippen LogP contribution in [0.15, 0.2) is 59.0 Å². The van der Waals surface area contributed by atoms with Crippen molar-refractivity contribution in [1.29, 1.82) is 0 Å². The summed E-state index contributed by atoms with van der Waals surface area (Å²) in [5.74, 6) is -0.222. The highest BCUT2D eigenvalue weighted by Crippen LogP contribution is 2.25. The number of rotatable bonds is 7. The van der Waals surface area contributed by atoms with E-state index in [2.05, 4.69) is 10.5 Å². The van der Waals surface area contributed by atoms with Gasteiger partial charge in [-0.05, 0) is 42.3 Å². The summed E-state index contributed by atoms with van der Waals surface area (Å²) >= 11 is 1.53. The topological polar surface area (TPSA) is 93.8 Å². The summed E-state index contributed by atoms with van der Waals surface area (Å²) in [6.07, 6.45) is 0.645. The molecule has 0 spiro atoms. The van der Waals surface area contributed by atoms with Gasteiger partial charge in [0.15, 0.2) is 6.61 Å². The molecule has 2 amide bonds. The summed E-state index contributed by atoms with van der Waals surface area (Å²) in [6, 6.07) is 14.9. The van der Waals surface area contributed by atoms with Gasteiger partial charge in [0.1, 0.15) is 5.75 Å². The Morgan fingerprint density at radius 2 is 1.89 bits per heavy atom. The third-order valence-corrected chi connectivity index (χ3v) is 4.89. The Balaban J connectivity index is 1.72. The lowest BCUT2D eigenvalue weighted by molar-refractivity contribution is -0.119. The van der Waals surface area contributed by atoms with Crippen LogP contribution in [0.5, 0.6) is 5.75 Å². The Kier molecular flexibility index (Phi) is 5.83. The van der Waals surface area contributed by atoms with E-state index in [9.17, 15) is 9.59 Å². The second-order valence-electron chi connectivity index (χ2n) is 5.78. The van der Waals surface area contributed by atoms with E-state index in [1.165, 1.54) is 11.3 Å². The van der Waals surface area contributed by atoms with Crippen LogP contribution in [0.25, 0.3) is 10.1 Å². The van der Waals surface area contributed by atoms with Crippen molar-refractivity contribution in [2.24, 2.45) is 10.8 Å². The summed E-state index contributed by atoms with van der Waals surface area (Å²) in [4.78, 5) is 23.3. The van der Waals surface area contributed by atoms with Crippen LogP contribution in [0.4, 0.5) is 0 Å². The maximum atomic E-state index is 12.5. The molecular formula is C20H19N3O3S. The zero-order chi connectivity index (χ0) is 19.2. The van der Waals surface area contributed by atoms with Crippen LogP contribution in [0.3, 0.4) is 0 Å². The zero-order valence-corrected chi connectivity index (χ0v) is 15.6.